The molecule has 1 heterocycles. The highest BCUT2D eigenvalue weighted by molar-refractivity contribution is 5.94. The van der Waals surface area contributed by atoms with Crippen LogP contribution in [-0.4, -0.2) is 37.9 Å². The van der Waals surface area contributed by atoms with Crippen molar-refractivity contribution in [2.45, 2.75) is 32.2 Å². The van der Waals surface area contributed by atoms with Crippen LogP contribution in [0.2, 0.25) is 0 Å². The van der Waals surface area contributed by atoms with Gasteiger partial charge in [0.05, 0.1) is 13.5 Å². The molecule has 1 aromatic rings. The van der Waals surface area contributed by atoms with Crippen molar-refractivity contribution in [3.63, 3.8) is 0 Å². The van der Waals surface area contributed by atoms with Crippen molar-refractivity contribution in [1.82, 2.24) is 10.6 Å². The van der Waals surface area contributed by atoms with Gasteiger partial charge in [0, 0.05) is 23.7 Å². The lowest BCUT2D eigenvalue weighted by molar-refractivity contribution is -0.120. The van der Waals surface area contributed by atoms with Crippen LogP contribution in [0.15, 0.2) is 18.2 Å². The van der Waals surface area contributed by atoms with Crippen molar-refractivity contribution in [2.75, 3.05) is 20.2 Å². The molecule has 1 amide bonds. The zero-order valence-corrected chi connectivity index (χ0v) is 12.6. The van der Waals surface area contributed by atoms with Crippen LogP contribution in [0, 0.1) is 0 Å². The van der Waals surface area contributed by atoms with Crippen LogP contribution in [0.1, 0.15) is 35.7 Å². The molecule has 0 bridgehead atoms. The van der Waals surface area contributed by atoms with Crippen LogP contribution >= 0.6 is 0 Å². The minimum atomic E-state index is -0.0531. The fourth-order valence-electron chi connectivity index (χ4n) is 2.54. The number of nitrogens with one attached hydrogen (secondary N) is 2. The number of amides is 1. The first-order valence-electron chi connectivity index (χ1n) is 7.28. The maximum absolute atomic E-state index is 12.0. The van der Waals surface area contributed by atoms with Gasteiger partial charge in [0.15, 0.2) is 5.78 Å². The second-order valence-corrected chi connectivity index (χ2v) is 5.36. The second kappa shape index (κ2) is 7.22. The van der Waals surface area contributed by atoms with Gasteiger partial charge in [-0.3, -0.25) is 9.59 Å². The highest BCUT2D eigenvalue weighted by Crippen LogP contribution is 2.20. The maximum atomic E-state index is 12.0. The fraction of sp³-hybridized carbons (Fsp3) is 0.500. The van der Waals surface area contributed by atoms with Crippen LogP contribution < -0.4 is 15.4 Å². The summed E-state index contributed by atoms with van der Waals surface area (Å²) in [5.74, 6) is 0.561. The number of hydrogen-bond acceptors (Lipinski definition) is 4. The van der Waals surface area contributed by atoms with Gasteiger partial charge in [0.2, 0.25) is 5.91 Å². The molecule has 0 spiro atoms. The number of rotatable bonds is 6. The van der Waals surface area contributed by atoms with Crippen LogP contribution in [0.5, 0.6) is 5.75 Å². The molecule has 1 unspecified atom stereocenters. The Morgan fingerprint density at radius 2 is 2.24 bits per heavy atom. The van der Waals surface area contributed by atoms with E-state index in [-0.39, 0.29) is 18.1 Å². The Morgan fingerprint density at radius 1 is 1.43 bits per heavy atom. The zero-order chi connectivity index (χ0) is 15.2. The molecule has 2 rings (SSSR count). The highest BCUT2D eigenvalue weighted by Gasteiger charge is 2.16. The quantitative estimate of drug-likeness (QED) is 0.775. The van der Waals surface area contributed by atoms with E-state index in [1.54, 1.807) is 25.3 Å². The molecule has 1 aromatic carbocycles. The van der Waals surface area contributed by atoms with Crippen LogP contribution in [0.4, 0.5) is 0 Å². The molecule has 5 nitrogen and oxygen atoms in total. The molecule has 21 heavy (non-hydrogen) atoms. The molecule has 1 atom stereocenters. The lowest BCUT2D eigenvalue weighted by Crippen LogP contribution is -2.37. The number of ether oxygens (including phenoxy) is 1. The van der Waals surface area contributed by atoms with E-state index in [4.69, 9.17) is 4.74 Å². The van der Waals surface area contributed by atoms with Gasteiger partial charge in [-0.25, -0.2) is 0 Å². The monoisotopic (exact) mass is 290 g/mol. The van der Waals surface area contributed by atoms with Gasteiger partial charge >= 0.3 is 0 Å². The Bertz CT molecular complexity index is 522. The SMILES string of the molecule is COc1ccc(C(C)=O)cc1CC(=O)NCC1CCCN1. The summed E-state index contributed by atoms with van der Waals surface area (Å²) in [6.07, 6.45) is 2.48. The Kier molecular flexibility index (Phi) is 5.33. The van der Waals surface area contributed by atoms with Gasteiger partial charge in [-0.15, -0.1) is 0 Å². The lowest BCUT2D eigenvalue weighted by Gasteiger charge is -2.13. The summed E-state index contributed by atoms with van der Waals surface area (Å²) in [6, 6.07) is 5.55. The highest BCUT2D eigenvalue weighted by atomic mass is 16.5. The first-order chi connectivity index (χ1) is 10.1. The van der Waals surface area contributed by atoms with Crippen molar-refractivity contribution >= 4 is 11.7 Å². The maximum Gasteiger partial charge on any atom is 0.224 e. The average Bonchev–Trinajstić information content (AvgIpc) is 2.98. The predicted octanol–water partition coefficient (Wildman–Crippen LogP) is 1.31. The topological polar surface area (TPSA) is 67.4 Å². The molecule has 5 heteroatoms. The molecule has 1 aliphatic heterocycles. The summed E-state index contributed by atoms with van der Waals surface area (Å²) in [5, 5.41) is 6.27. The third-order valence-electron chi connectivity index (χ3n) is 3.75. The first-order valence-corrected chi connectivity index (χ1v) is 7.28. The van der Waals surface area contributed by atoms with Crippen LogP contribution in [0.25, 0.3) is 0 Å². The Labute approximate surface area is 125 Å². The van der Waals surface area contributed by atoms with Gasteiger partial charge in [-0.2, -0.15) is 0 Å². The lowest BCUT2D eigenvalue weighted by atomic mass is 10.0. The largest absolute Gasteiger partial charge is 0.496 e. The zero-order valence-electron chi connectivity index (χ0n) is 12.6. The first kappa shape index (κ1) is 15.5. The third-order valence-corrected chi connectivity index (χ3v) is 3.75. The molecule has 1 saturated heterocycles. The summed E-state index contributed by atoms with van der Waals surface area (Å²) in [5.41, 5.74) is 1.33. The predicted molar refractivity (Wildman–Crippen MR) is 80.7 cm³/mol. The number of methoxy groups -OCH3 is 1. The summed E-state index contributed by atoms with van der Waals surface area (Å²) in [4.78, 5) is 23.5. The van der Waals surface area contributed by atoms with Gasteiger partial charge in [-0.1, -0.05) is 0 Å². The average molecular weight is 290 g/mol. The molecule has 1 fully saturated rings. The summed E-state index contributed by atoms with van der Waals surface area (Å²) in [6.45, 7) is 3.18. The van der Waals surface area contributed by atoms with Gasteiger partial charge in [-0.05, 0) is 44.5 Å². The standard InChI is InChI=1S/C16H22N2O3/c1-11(19)12-5-6-15(21-2)13(8-12)9-16(20)18-10-14-4-3-7-17-14/h5-6,8,14,17H,3-4,7,9-10H2,1-2H3,(H,18,20). The Balaban J connectivity index is 1.97. The third kappa shape index (κ3) is 4.29. The van der Waals surface area contributed by atoms with Crippen LogP contribution in [-0.2, 0) is 11.2 Å². The van der Waals surface area contributed by atoms with Gasteiger partial charge < -0.3 is 15.4 Å². The number of Topliss-reactive ketones (excluding diaryl/α,β-unsaturated/α-hetero) is 1. The molecular weight excluding hydrogens is 268 g/mol. The number of benzene rings is 1. The number of carbonyl (C=O) groups is 2. The van der Waals surface area contributed by atoms with Crippen molar-refractivity contribution in [2.24, 2.45) is 0 Å². The smallest absolute Gasteiger partial charge is 0.224 e. The van der Waals surface area contributed by atoms with E-state index < -0.39 is 0 Å². The van der Waals surface area contributed by atoms with Crippen molar-refractivity contribution in [3.8, 4) is 5.75 Å². The molecular formula is C16H22N2O3. The van der Waals surface area contributed by atoms with Crippen molar-refractivity contribution in [1.29, 1.82) is 0 Å². The molecule has 2 N–H and O–H groups in total. The van der Waals surface area contributed by atoms with Crippen LogP contribution in [0.3, 0.4) is 0 Å². The van der Waals surface area contributed by atoms with Gasteiger partial charge in [0.25, 0.3) is 0 Å². The summed E-state index contributed by atoms with van der Waals surface area (Å²) < 4.78 is 5.26. The molecule has 0 saturated carbocycles. The Morgan fingerprint density at radius 3 is 2.86 bits per heavy atom. The van der Waals surface area contributed by atoms with Crippen molar-refractivity contribution < 1.29 is 14.3 Å². The number of ketones is 1. The minimum Gasteiger partial charge on any atom is -0.496 e. The number of carbonyl (C=O) groups excluding carboxylic acids is 2. The van der Waals surface area contributed by atoms with E-state index in [1.165, 1.54) is 6.92 Å². The van der Waals surface area contributed by atoms with E-state index in [0.717, 1.165) is 24.9 Å². The fourth-order valence-corrected chi connectivity index (χ4v) is 2.54. The number of hydrogen-bond donors (Lipinski definition) is 2. The molecule has 0 radical (unpaired) electrons. The van der Waals surface area contributed by atoms with Crippen molar-refractivity contribution in [3.05, 3.63) is 29.3 Å². The molecule has 114 valence electrons. The minimum absolute atomic E-state index is 0.0190. The van der Waals surface area contributed by atoms with E-state index in [0.29, 0.717) is 23.9 Å². The second-order valence-electron chi connectivity index (χ2n) is 5.36. The molecule has 0 aliphatic carbocycles. The summed E-state index contributed by atoms with van der Waals surface area (Å²) >= 11 is 0. The molecule has 1 aliphatic rings. The summed E-state index contributed by atoms with van der Waals surface area (Å²) in [7, 11) is 1.56. The van der Waals surface area contributed by atoms with E-state index in [2.05, 4.69) is 10.6 Å². The van der Waals surface area contributed by atoms with E-state index in [1.807, 2.05) is 0 Å². The normalized spacial score (nSPS) is 17.5. The van der Waals surface area contributed by atoms with Gasteiger partial charge in [0.1, 0.15) is 5.75 Å². The van der Waals surface area contributed by atoms with E-state index in [9.17, 15) is 9.59 Å². The Hall–Kier alpha value is -1.88. The molecule has 0 aromatic heterocycles. The van der Waals surface area contributed by atoms with E-state index >= 15 is 0 Å².